The van der Waals surface area contributed by atoms with Crippen molar-refractivity contribution in [3.63, 3.8) is 0 Å². The van der Waals surface area contributed by atoms with Gasteiger partial charge in [-0.15, -0.1) is 0 Å². The summed E-state index contributed by atoms with van der Waals surface area (Å²) in [5, 5.41) is 0. The first-order valence-electron chi connectivity index (χ1n) is 5.43. The maximum absolute atomic E-state index is 11.5. The highest BCUT2D eigenvalue weighted by Crippen LogP contribution is 2.29. The summed E-state index contributed by atoms with van der Waals surface area (Å²) >= 11 is 0. The van der Waals surface area contributed by atoms with Crippen LogP contribution in [0.4, 0.5) is 0 Å². The zero-order valence-corrected chi connectivity index (χ0v) is 9.29. The molecule has 2 heteroatoms. The third kappa shape index (κ3) is 2.72. The van der Waals surface area contributed by atoms with Gasteiger partial charge in [-0.05, 0) is 31.7 Å². The Labute approximate surface area is 85.6 Å². The number of aromatic nitrogens is 1. The monoisotopic (exact) mass is 193 g/mol. The van der Waals surface area contributed by atoms with Crippen molar-refractivity contribution in [2.75, 3.05) is 0 Å². The summed E-state index contributed by atoms with van der Waals surface area (Å²) in [7, 11) is 0. The standard InChI is InChI=1S/C10H13NO.C2H6/c1-8-3-2-6-11(10(8)12)7-9-4-5-9;1-2/h2-3,6,9H,4-5,7H2,1H3;1-2H3. The quantitative estimate of drug-likeness (QED) is 0.707. The Morgan fingerprint density at radius 1 is 1.43 bits per heavy atom. The first-order valence-corrected chi connectivity index (χ1v) is 5.43. The van der Waals surface area contributed by atoms with Gasteiger partial charge in [-0.1, -0.05) is 19.9 Å². The van der Waals surface area contributed by atoms with Crippen LogP contribution in [-0.2, 0) is 6.54 Å². The molecule has 0 atom stereocenters. The molecule has 1 heterocycles. The van der Waals surface area contributed by atoms with Gasteiger partial charge in [-0.3, -0.25) is 4.79 Å². The van der Waals surface area contributed by atoms with Crippen molar-refractivity contribution in [3.8, 4) is 0 Å². The summed E-state index contributed by atoms with van der Waals surface area (Å²) in [6.45, 7) is 6.78. The topological polar surface area (TPSA) is 22.0 Å². The van der Waals surface area contributed by atoms with Crippen LogP contribution in [0.1, 0.15) is 32.3 Å². The van der Waals surface area contributed by atoms with Crippen molar-refractivity contribution in [2.45, 2.75) is 40.2 Å². The van der Waals surface area contributed by atoms with E-state index < -0.39 is 0 Å². The molecule has 78 valence electrons. The molecule has 0 radical (unpaired) electrons. The molecule has 1 saturated carbocycles. The van der Waals surface area contributed by atoms with E-state index in [1.807, 2.05) is 43.7 Å². The maximum atomic E-state index is 11.5. The second kappa shape index (κ2) is 4.99. The lowest BCUT2D eigenvalue weighted by Crippen LogP contribution is -2.21. The molecule has 1 aliphatic carbocycles. The zero-order chi connectivity index (χ0) is 10.6. The number of pyridine rings is 1. The summed E-state index contributed by atoms with van der Waals surface area (Å²) in [4.78, 5) is 11.5. The van der Waals surface area contributed by atoms with Gasteiger partial charge in [0.1, 0.15) is 0 Å². The first kappa shape index (κ1) is 11.0. The predicted molar refractivity (Wildman–Crippen MR) is 59.5 cm³/mol. The van der Waals surface area contributed by atoms with Crippen molar-refractivity contribution < 1.29 is 0 Å². The fourth-order valence-corrected chi connectivity index (χ4v) is 1.38. The van der Waals surface area contributed by atoms with Gasteiger partial charge in [-0.25, -0.2) is 0 Å². The summed E-state index contributed by atoms with van der Waals surface area (Å²) in [5.41, 5.74) is 1.02. The molecule has 0 spiro atoms. The fraction of sp³-hybridized carbons (Fsp3) is 0.583. The van der Waals surface area contributed by atoms with Gasteiger partial charge < -0.3 is 4.57 Å². The van der Waals surface area contributed by atoms with Crippen molar-refractivity contribution in [3.05, 3.63) is 34.2 Å². The van der Waals surface area contributed by atoms with Crippen LogP contribution in [0.5, 0.6) is 0 Å². The largest absolute Gasteiger partial charge is 0.315 e. The zero-order valence-electron chi connectivity index (χ0n) is 9.29. The Hall–Kier alpha value is -1.05. The Morgan fingerprint density at radius 3 is 2.64 bits per heavy atom. The normalized spacial score (nSPS) is 14.5. The molecule has 14 heavy (non-hydrogen) atoms. The maximum Gasteiger partial charge on any atom is 0.253 e. The van der Waals surface area contributed by atoms with Crippen LogP contribution in [0.25, 0.3) is 0 Å². The van der Waals surface area contributed by atoms with Crippen molar-refractivity contribution in [1.82, 2.24) is 4.57 Å². The van der Waals surface area contributed by atoms with Gasteiger partial charge in [0.25, 0.3) is 5.56 Å². The second-order valence-corrected chi connectivity index (χ2v) is 3.59. The van der Waals surface area contributed by atoms with Crippen molar-refractivity contribution >= 4 is 0 Å². The third-order valence-corrected chi connectivity index (χ3v) is 2.36. The van der Waals surface area contributed by atoms with E-state index >= 15 is 0 Å². The molecule has 2 nitrogen and oxygen atoms in total. The highest BCUT2D eigenvalue weighted by molar-refractivity contribution is 5.07. The molecule has 1 aromatic heterocycles. The van der Waals surface area contributed by atoms with Crippen LogP contribution < -0.4 is 5.56 Å². The molecule has 0 aliphatic heterocycles. The fourth-order valence-electron chi connectivity index (χ4n) is 1.38. The van der Waals surface area contributed by atoms with Crippen LogP contribution in [0.2, 0.25) is 0 Å². The Kier molecular flexibility index (Phi) is 3.93. The van der Waals surface area contributed by atoms with Gasteiger partial charge in [0.05, 0.1) is 0 Å². The van der Waals surface area contributed by atoms with Gasteiger partial charge in [0, 0.05) is 18.3 Å². The molecule has 0 unspecified atom stereocenters. The van der Waals surface area contributed by atoms with E-state index in [2.05, 4.69) is 0 Å². The minimum atomic E-state index is 0.171. The van der Waals surface area contributed by atoms with Gasteiger partial charge >= 0.3 is 0 Å². The summed E-state index contributed by atoms with van der Waals surface area (Å²) in [6, 6.07) is 3.81. The average molecular weight is 193 g/mol. The number of nitrogens with zero attached hydrogens (tertiary/aromatic N) is 1. The van der Waals surface area contributed by atoms with Crippen LogP contribution in [-0.4, -0.2) is 4.57 Å². The SMILES string of the molecule is CC.Cc1cccn(CC2CC2)c1=O. The summed E-state index contributed by atoms with van der Waals surface area (Å²) < 4.78 is 1.83. The van der Waals surface area contributed by atoms with Crippen LogP contribution >= 0.6 is 0 Å². The predicted octanol–water partition coefficient (Wildman–Crippen LogP) is 2.59. The highest BCUT2D eigenvalue weighted by Gasteiger charge is 2.21. The second-order valence-electron chi connectivity index (χ2n) is 3.59. The first-order chi connectivity index (χ1) is 6.77. The molecule has 0 amide bonds. The number of hydrogen-bond acceptors (Lipinski definition) is 1. The van der Waals surface area contributed by atoms with E-state index in [-0.39, 0.29) is 5.56 Å². The van der Waals surface area contributed by atoms with Gasteiger partial charge in [-0.2, -0.15) is 0 Å². The molecule has 0 N–H and O–H groups in total. The van der Waals surface area contributed by atoms with E-state index in [0.29, 0.717) is 0 Å². The Morgan fingerprint density at radius 2 is 2.07 bits per heavy atom. The van der Waals surface area contributed by atoms with Crippen LogP contribution in [0, 0.1) is 12.8 Å². The lowest BCUT2D eigenvalue weighted by Gasteiger charge is -2.03. The number of rotatable bonds is 2. The van der Waals surface area contributed by atoms with Crippen LogP contribution in [0.15, 0.2) is 23.1 Å². The van der Waals surface area contributed by atoms with Crippen molar-refractivity contribution in [1.29, 1.82) is 0 Å². The third-order valence-electron chi connectivity index (χ3n) is 2.36. The lowest BCUT2D eigenvalue weighted by atomic mass is 10.3. The molecule has 0 bridgehead atoms. The minimum absolute atomic E-state index is 0.171. The lowest BCUT2D eigenvalue weighted by molar-refractivity contribution is 0.604. The summed E-state index contributed by atoms with van der Waals surface area (Å²) in [6.07, 6.45) is 4.47. The van der Waals surface area contributed by atoms with Crippen molar-refractivity contribution in [2.24, 2.45) is 5.92 Å². The van der Waals surface area contributed by atoms with E-state index in [9.17, 15) is 4.79 Å². The number of aryl methyl sites for hydroxylation is 1. The smallest absolute Gasteiger partial charge is 0.253 e. The molecular weight excluding hydrogens is 174 g/mol. The van der Waals surface area contributed by atoms with E-state index in [0.717, 1.165) is 18.0 Å². The Balaban J connectivity index is 0.000000461. The molecular formula is C12H19NO. The van der Waals surface area contributed by atoms with E-state index in [1.165, 1.54) is 12.8 Å². The molecule has 2 rings (SSSR count). The molecule has 1 aliphatic rings. The minimum Gasteiger partial charge on any atom is -0.315 e. The van der Waals surface area contributed by atoms with Crippen LogP contribution in [0.3, 0.4) is 0 Å². The number of hydrogen-bond donors (Lipinski definition) is 0. The van der Waals surface area contributed by atoms with Gasteiger partial charge in [0.2, 0.25) is 0 Å². The summed E-state index contributed by atoms with van der Waals surface area (Å²) in [5.74, 6) is 0.768. The molecule has 0 saturated heterocycles. The highest BCUT2D eigenvalue weighted by atomic mass is 16.1. The molecule has 1 fully saturated rings. The van der Waals surface area contributed by atoms with E-state index in [4.69, 9.17) is 0 Å². The average Bonchev–Trinajstić information content (AvgIpc) is 3.00. The Bertz CT molecular complexity index is 336. The van der Waals surface area contributed by atoms with E-state index in [1.54, 1.807) is 0 Å². The molecule has 0 aromatic carbocycles. The van der Waals surface area contributed by atoms with Gasteiger partial charge in [0.15, 0.2) is 0 Å². The molecule has 1 aromatic rings.